The molecule has 6 nitrogen and oxygen atoms in total. The lowest BCUT2D eigenvalue weighted by molar-refractivity contribution is -0.141. The Bertz CT molecular complexity index is 488. The number of nitrogens with zero attached hydrogens (tertiary/aromatic N) is 1. The highest BCUT2D eigenvalue weighted by Crippen LogP contribution is 2.19. The number of thiophene rings is 1. The Morgan fingerprint density at radius 2 is 2.26 bits per heavy atom. The first kappa shape index (κ1) is 13.8. The SMILES string of the molecule is Cc1cscc1CNC(=O)N1C[C@H](O)C[C@H]1C(=O)O. The van der Waals surface area contributed by atoms with Crippen LogP contribution in [0, 0.1) is 6.92 Å². The molecule has 1 saturated heterocycles. The number of amides is 2. The minimum atomic E-state index is -1.08. The number of carbonyl (C=O) groups is 2. The standard InChI is InChI=1S/C12H16N2O4S/c1-7-5-19-6-8(7)3-13-12(18)14-4-9(15)2-10(14)11(16)17/h5-6,9-10,15H,2-4H2,1H3,(H,13,18)(H,16,17)/t9-,10+/m1/s1. The summed E-state index contributed by atoms with van der Waals surface area (Å²) in [5.74, 6) is -1.08. The third-order valence-corrected chi connectivity index (χ3v) is 4.13. The molecule has 1 fully saturated rings. The average molecular weight is 284 g/mol. The first-order valence-corrected chi connectivity index (χ1v) is 6.90. The lowest BCUT2D eigenvalue weighted by atomic mass is 10.2. The van der Waals surface area contributed by atoms with E-state index in [4.69, 9.17) is 5.11 Å². The number of rotatable bonds is 3. The lowest BCUT2D eigenvalue weighted by Gasteiger charge is -2.21. The Labute approximate surface area is 114 Å². The monoisotopic (exact) mass is 284 g/mol. The van der Waals surface area contributed by atoms with Crippen molar-refractivity contribution in [3.63, 3.8) is 0 Å². The van der Waals surface area contributed by atoms with Crippen LogP contribution in [0.15, 0.2) is 10.8 Å². The number of hydrogen-bond acceptors (Lipinski definition) is 4. The summed E-state index contributed by atoms with van der Waals surface area (Å²) in [7, 11) is 0. The molecule has 7 heteroatoms. The van der Waals surface area contributed by atoms with E-state index in [-0.39, 0.29) is 13.0 Å². The van der Waals surface area contributed by atoms with Gasteiger partial charge in [0.1, 0.15) is 6.04 Å². The van der Waals surface area contributed by atoms with E-state index in [2.05, 4.69) is 5.32 Å². The van der Waals surface area contributed by atoms with Gasteiger partial charge in [-0.3, -0.25) is 0 Å². The normalized spacial score (nSPS) is 22.5. The number of aliphatic hydroxyl groups is 1. The molecule has 1 aliphatic heterocycles. The number of carbonyl (C=O) groups excluding carboxylic acids is 1. The quantitative estimate of drug-likeness (QED) is 0.765. The zero-order valence-corrected chi connectivity index (χ0v) is 11.3. The zero-order valence-electron chi connectivity index (χ0n) is 10.5. The fraction of sp³-hybridized carbons (Fsp3) is 0.500. The highest BCUT2D eigenvalue weighted by molar-refractivity contribution is 7.08. The van der Waals surface area contributed by atoms with E-state index in [9.17, 15) is 14.7 Å². The first-order valence-electron chi connectivity index (χ1n) is 5.96. The van der Waals surface area contributed by atoms with Crippen LogP contribution in [0.5, 0.6) is 0 Å². The van der Waals surface area contributed by atoms with E-state index in [1.807, 2.05) is 17.7 Å². The molecule has 19 heavy (non-hydrogen) atoms. The van der Waals surface area contributed by atoms with Crippen molar-refractivity contribution >= 4 is 23.3 Å². The molecule has 2 amide bonds. The van der Waals surface area contributed by atoms with E-state index in [1.165, 1.54) is 4.90 Å². The van der Waals surface area contributed by atoms with Crippen molar-refractivity contribution in [1.29, 1.82) is 0 Å². The van der Waals surface area contributed by atoms with Gasteiger partial charge in [0, 0.05) is 19.5 Å². The molecule has 2 rings (SSSR count). The van der Waals surface area contributed by atoms with Gasteiger partial charge in [-0.05, 0) is 28.8 Å². The van der Waals surface area contributed by atoms with E-state index in [0.29, 0.717) is 6.54 Å². The van der Waals surface area contributed by atoms with Crippen molar-refractivity contribution in [1.82, 2.24) is 10.2 Å². The Hall–Kier alpha value is -1.60. The molecule has 0 aliphatic carbocycles. The third-order valence-electron chi connectivity index (χ3n) is 3.22. The van der Waals surface area contributed by atoms with Gasteiger partial charge in [0.15, 0.2) is 0 Å². The smallest absolute Gasteiger partial charge is 0.326 e. The van der Waals surface area contributed by atoms with Crippen LogP contribution in [0.1, 0.15) is 17.5 Å². The highest BCUT2D eigenvalue weighted by atomic mass is 32.1. The van der Waals surface area contributed by atoms with Crippen LogP contribution in [0.4, 0.5) is 4.79 Å². The Kier molecular flexibility index (Phi) is 4.06. The summed E-state index contributed by atoms with van der Waals surface area (Å²) in [5, 5.41) is 25.1. The fourth-order valence-electron chi connectivity index (χ4n) is 2.11. The van der Waals surface area contributed by atoms with Crippen molar-refractivity contribution < 1.29 is 19.8 Å². The van der Waals surface area contributed by atoms with Crippen molar-refractivity contribution in [2.75, 3.05) is 6.54 Å². The molecule has 104 valence electrons. The largest absolute Gasteiger partial charge is 0.480 e. The average Bonchev–Trinajstić information content (AvgIpc) is 2.92. The number of hydrogen-bond donors (Lipinski definition) is 3. The maximum atomic E-state index is 12.0. The third kappa shape index (κ3) is 3.05. The second-order valence-corrected chi connectivity index (χ2v) is 5.38. The van der Waals surface area contributed by atoms with Gasteiger partial charge in [-0.2, -0.15) is 11.3 Å². The summed E-state index contributed by atoms with van der Waals surface area (Å²) in [6.07, 6.45) is -0.685. The number of likely N-dealkylation sites (tertiary alicyclic amines) is 1. The molecule has 3 N–H and O–H groups in total. The molecule has 2 heterocycles. The Morgan fingerprint density at radius 1 is 1.53 bits per heavy atom. The number of aliphatic hydroxyl groups excluding tert-OH is 1. The molecule has 2 atom stereocenters. The van der Waals surface area contributed by atoms with E-state index >= 15 is 0 Å². The number of β-amino-alcohol motifs (C(OH)–C–C–N with tert-alkyl or cyclic N) is 1. The summed E-state index contributed by atoms with van der Waals surface area (Å²) >= 11 is 1.56. The molecule has 0 radical (unpaired) electrons. The maximum Gasteiger partial charge on any atom is 0.326 e. The topological polar surface area (TPSA) is 89.9 Å². The summed E-state index contributed by atoms with van der Waals surface area (Å²) in [6.45, 7) is 2.39. The number of carboxylic acid groups (broad SMARTS) is 1. The fourth-order valence-corrected chi connectivity index (χ4v) is 2.97. The number of aryl methyl sites for hydroxylation is 1. The van der Waals surface area contributed by atoms with Crippen LogP contribution >= 0.6 is 11.3 Å². The number of aliphatic carboxylic acids is 1. The van der Waals surface area contributed by atoms with Gasteiger partial charge in [-0.25, -0.2) is 9.59 Å². The van der Waals surface area contributed by atoms with Gasteiger partial charge in [0.05, 0.1) is 6.10 Å². The van der Waals surface area contributed by atoms with Gasteiger partial charge in [0.2, 0.25) is 0 Å². The van der Waals surface area contributed by atoms with Crippen molar-refractivity contribution in [2.24, 2.45) is 0 Å². The van der Waals surface area contributed by atoms with E-state index < -0.39 is 24.1 Å². The molecular weight excluding hydrogens is 268 g/mol. The Morgan fingerprint density at radius 3 is 2.84 bits per heavy atom. The molecule has 0 bridgehead atoms. The molecule has 0 aromatic carbocycles. The predicted molar refractivity (Wildman–Crippen MR) is 70.0 cm³/mol. The van der Waals surface area contributed by atoms with E-state index in [0.717, 1.165) is 11.1 Å². The Balaban J connectivity index is 1.96. The molecule has 0 unspecified atom stereocenters. The van der Waals surface area contributed by atoms with Crippen molar-refractivity contribution in [2.45, 2.75) is 32.0 Å². The first-order chi connectivity index (χ1) is 8.99. The molecule has 1 aromatic rings. The number of nitrogens with one attached hydrogen (secondary N) is 1. The van der Waals surface area contributed by atoms with Crippen molar-refractivity contribution in [3.05, 3.63) is 21.9 Å². The van der Waals surface area contributed by atoms with Gasteiger partial charge < -0.3 is 20.4 Å². The minimum Gasteiger partial charge on any atom is -0.480 e. The molecule has 1 aliphatic rings. The second kappa shape index (κ2) is 5.58. The van der Waals surface area contributed by atoms with Crippen LogP contribution in [0.2, 0.25) is 0 Å². The summed E-state index contributed by atoms with van der Waals surface area (Å²) in [6, 6.07) is -1.40. The second-order valence-electron chi connectivity index (χ2n) is 4.63. The zero-order chi connectivity index (χ0) is 14.0. The van der Waals surface area contributed by atoms with Gasteiger partial charge in [-0.1, -0.05) is 0 Å². The summed E-state index contributed by atoms with van der Waals surface area (Å²) in [5.41, 5.74) is 2.12. The summed E-state index contributed by atoms with van der Waals surface area (Å²) in [4.78, 5) is 24.1. The van der Waals surface area contributed by atoms with Gasteiger partial charge in [0.25, 0.3) is 0 Å². The lowest BCUT2D eigenvalue weighted by Crippen LogP contribution is -2.45. The van der Waals surface area contributed by atoms with Gasteiger partial charge >= 0.3 is 12.0 Å². The number of urea groups is 1. The molecule has 1 aromatic heterocycles. The van der Waals surface area contributed by atoms with Crippen molar-refractivity contribution in [3.8, 4) is 0 Å². The molecular formula is C12H16N2O4S. The van der Waals surface area contributed by atoms with Crippen LogP contribution in [-0.2, 0) is 11.3 Å². The minimum absolute atomic E-state index is 0.0609. The van der Waals surface area contributed by atoms with E-state index in [1.54, 1.807) is 11.3 Å². The maximum absolute atomic E-state index is 12.0. The van der Waals surface area contributed by atoms with Crippen LogP contribution in [-0.4, -0.2) is 45.8 Å². The molecule has 0 spiro atoms. The van der Waals surface area contributed by atoms with Gasteiger partial charge in [-0.15, -0.1) is 0 Å². The van der Waals surface area contributed by atoms with Crippen LogP contribution in [0.25, 0.3) is 0 Å². The van der Waals surface area contributed by atoms with Crippen LogP contribution < -0.4 is 5.32 Å². The predicted octanol–water partition coefficient (Wildman–Crippen LogP) is 0.786. The number of carboxylic acids is 1. The highest BCUT2D eigenvalue weighted by Gasteiger charge is 2.38. The molecule has 0 saturated carbocycles. The summed E-state index contributed by atoms with van der Waals surface area (Å²) < 4.78 is 0. The van der Waals surface area contributed by atoms with Crippen LogP contribution in [0.3, 0.4) is 0 Å².